The van der Waals surface area contributed by atoms with Crippen molar-refractivity contribution in [2.75, 3.05) is 0 Å². The van der Waals surface area contributed by atoms with Gasteiger partial charge in [0, 0.05) is 12.6 Å². The van der Waals surface area contributed by atoms with Crippen LogP contribution in [-0.4, -0.2) is 9.97 Å². The van der Waals surface area contributed by atoms with Crippen molar-refractivity contribution in [3.63, 3.8) is 0 Å². The summed E-state index contributed by atoms with van der Waals surface area (Å²) in [5.74, 6) is 0. The van der Waals surface area contributed by atoms with Crippen LogP contribution in [0.15, 0.2) is 18.3 Å². The average Bonchev–Trinajstić information content (AvgIpc) is 2.19. The molecule has 0 saturated carbocycles. The maximum absolute atomic E-state index is 4.59. The molecule has 0 amide bonds. The van der Waals surface area contributed by atoms with Crippen LogP contribution in [0.1, 0.15) is 37.4 Å². The molecule has 76 valence electrons. The van der Waals surface area contributed by atoms with Crippen LogP contribution in [0.25, 0.3) is 0 Å². The Balaban J connectivity index is 2.82. The van der Waals surface area contributed by atoms with Gasteiger partial charge in [0.1, 0.15) is 0 Å². The summed E-state index contributed by atoms with van der Waals surface area (Å²) in [6.45, 7) is 6.21. The molecular weight excluding hydrogens is 172 g/mol. The van der Waals surface area contributed by atoms with Crippen molar-refractivity contribution < 1.29 is 0 Å². The monoisotopic (exact) mass is 190 g/mol. The molecule has 1 aromatic heterocycles. The highest BCUT2D eigenvalue weighted by molar-refractivity contribution is 5.14. The summed E-state index contributed by atoms with van der Waals surface area (Å²) >= 11 is 0. The number of hydrogen-bond donors (Lipinski definition) is 0. The number of rotatable bonds is 4. The fourth-order valence-electron chi connectivity index (χ4n) is 1.34. The molecule has 1 heterocycles. The van der Waals surface area contributed by atoms with Crippen LogP contribution in [0.4, 0.5) is 0 Å². The molecule has 0 unspecified atom stereocenters. The molecule has 0 N–H and O–H groups in total. The summed E-state index contributed by atoms with van der Waals surface area (Å²) in [5.41, 5.74) is 3.28. The molecule has 0 bridgehead atoms. The van der Waals surface area contributed by atoms with Gasteiger partial charge >= 0.3 is 0 Å². The standard InChI is InChI=1S/C12H18N2/c1-4-6-8-11-9-13-10(3)12(14-11)7-5-2/h4,6,9H,5,7-8H2,1-3H3/b6-4+. The zero-order valence-electron chi connectivity index (χ0n) is 9.25. The van der Waals surface area contributed by atoms with Crippen LogP contribution in [0.2, 0.25) is 0 Å². The Morgan fingerprint density at radius 1 is 1.43 bits per heavy atom. The molecule has 2 heteroatoms. The van der Waals surface area contributed by atoms with E-state index >= 15 is 0 Å². The van der Waals surface area contributed by atoms with E-state index in [2.05, 4.69) is 23.0 Å². The zero-order valence-corrected chi connectivity index (χ0v) is 9.25. The lowest BCUT2D eigenvalue weighted by Gasteiger charge is -2.04. The van der Waals surface area contributed by atoms with E-state index in [-0.39, 0.29) is 0 Å². The predicted molar refractivity (Wildman–Crippen MR) is 59.3 cm³/mol. The van der Waals surface area contributed by atoms with E-state index in [1.54, 1.807) is 0 Å². The van der Waals surface area contributed by atoms with Gasteiger partial charge in [-0.2, -0.15) is 0 Å². The van der Waals surface area contributed by atoms with Gasteiger partial charge < -0.3 is 0 Å². The second-order valence-electron chi connectivity index (χ2n) is 3.42. The van der Waals surface area contributed by atoms with Crippen molar-refractivity contribution in [2.24, 2.45) is 0 Å². The van der Waals surface area contributed by atoms with Crippen molar-refractivity contribution >= 4 is 0 Å². The maximum atomic E-state index is 4.59. The van der Waals surface area contributed by atoms with Crippen molar-refractivity contribution in [3.8, 4) is 0 Å². The maximum Gasteiger partial charge on any atom is 0.0627 e. The molecule has 2 nitrogen and oxygen atoms in total. The highest BCUT2D eigenvalue weighted by Crippen LogP contribution is 2.06. The van der Waals surface area contributed by atoms with Gasteiger partial charge in [0.2, 0.25) is 0 Å². The molecule has 0 radical (unpaired) electrons. The van der Waals surface area contributed by atoms with Gasteiger partial charge in [-0.05, 0) is 20.3 Å². The Morgan fingerprint density at radius 3 is 2.86 bits per heavy atom. The Morgan fingerprint density at radius 2 is 2.21 bits per heavy atom. The van der Waals surface area contributed by atoms with Crippen molar-refractivity contribution in [2.45, 2.75) is 40.0 Å². The Hall–Kier alpha value is -1.18. The minimum Gasteiger partial charge on any atom is -0.258 e. The van der Waals surface area contributed by atoms with E-state index in [1.165, 1.54) is 0 Å². The summed E-state index contributed by atoms with van der Waals surface area (Å²) in [6.07, 6.45) is 9.07. The molecule has 0 aromatic carbocycles. The normalized spacial score (nSPS) is 11.1. The molecule has 0 aliphatic rings. The van der Waals surface area contributed by atoms with Gasteiger partial charge in [-0.1, -0.05) is 25.5 Å². The molecule has 0 aliphatic carbocycles. The van der Waals surface area contributed by atoms with E-state index in [0.717, 1.165) is 36.3 Å². The van der Waals surface area contributed by atoms with Crippen LogP contribution in [-0.2, 0) is 12.8 Å². The lowest BCUT2D eigenvalue weighted by molar-refractivity contribution is 0.834. The summed E-state index contributed by atoms with van der Waals surface area (Å²) in [4.78, 5) is 8.94. The minimum atomic E-state index is 0.889. The molecule has 1 aromatic rings. The van der Waals surface area contributed by atoms with Crippen LogP contribution in [0.3, 0.4) is 0 Å². The second kappa shape index (κ2) is 5.53. The number of nitrogens with zero attached hydrogens (tertiary/aromatic N) is 2. The lowest BCUT2D eigenvalue weighted by Crippen LogP contribution is -2.00. The molecule has 14 heavy (non-hydrogen) atoms. The first-order valence-electron chi connectivity index (χ1n) is 5.20. The minimum absolute atomic E-state index is 0.889. The first-order valence-corrected chi connectivity index (χ1v) is 5.20. The smallest absolute Gasteiger partial charge is 0.0627 e. The van der Waals surface area contributed by atoms with E-state index in [9.17, 15) is 0 Å². The third-order valence-corrected chi connectivity index (χ3v) is 2.15. The first-order chi connectivity index (χ1) is 6.77. The zero-order chi connectivity index (χ0) is 10.4. The fourth-order valence-corrected chi connectivity index (χ4v) is 1.34. The van der Waals surface area contributed by atoms with Crippen LogP contribution in [0, 0.1) is 6.92 Å². The van der Waals surface area contributed by atoms with Gasteiger partial charge in [-0.25, -0.2) is 0 Å². The average molecular weight is 190 g/mol. The number of allylic oxidation sites excluding steroid dienone is 2. The first kappa shape index (κ1) is 10.9. The molecule has 1 rings (SSSR count). The topological polar surface area (TPSA) is 25.8 Å². The third-order valence-electron chi connectivity index (χ3n) is 2.15. The summed E-state index contributed by atoms with van der Waals surface area (Å²) in [5, 5.41) is 0. The second-order valence-corrected chi connectivity index (χ2v) is 3.42. The van der Waals surface area contributed by atoms with Crippen molar-refractivity contribution in [3.05, 3.63) is 35.4 Å². The fraction of sp³-hybridized carbons (Fsp3) is 0.500. The van der Waals surface area contributed by atoms with Gasteiger partial charge in [-0.15, -0.1) is 0 Å². The van der Waals surface area contributed by atoms with Gasteiger partial charge in [0.05, 0.1) is 17.1 Å². The highest BCUT2D eigenvalue weighted by atomic mass is 14.8. The SMILES string of the molecule is C/C=C/Cc1cnc(C)c(CCC)n1. The molecule has 0 saturated heterocycles. The van der Waals surface area contributed by atoms with Crippen LogP contribution >= 0.6 is 0 Å². The molecule has 0 spiro atoms. The van der Waals surface area contributed by atoms with Crippen LogP contribution < -0.4 is 0 Å². The van der Waals surface area contributed by atoms with Crippen LogP contribution in [0.5, 0.6) is 0 Å². The number of aromatic nitrogens is 2. The number of aryl methyl sites for hydroxylation is 2. The summed E-state index contributed by atoms with van der Waals surface area (Å²) in [6, 6.07) is 0. The van der Waals surface area contributed by atoms with E-state index in [4.69, 9.17) is 0 Å². The Bertz CT molecular complexity index is 316. The number of hydrogen-bond acceptors (Lipinski definition) is 2. The molecule has 0 aliphatic heterocycles. The molecular formula is C12H18N2. The van der Waals surface area contributed by atoms with Crippen molar-refractivity contribution in [1.29, 1.82) is 0 Å². The van der Waals surface area contributed by atoms with Gasteiger partial charge in [0.15, 0.2) is 0 Å². The van der Waals surface area contributed by atoms with Gasteiger partial charge in [0.25, 0.3) is 0 Å². The Labute approximate surface area is 86.1 Å². The summed E-state index contributed by atoms with van der Waals surface area (Å²) < 4.78 is 0. The molecule has 0 fully saturated rings. The van der Waals surface area contributed by atoms with Gasteiger partial charge in [-0.3, -0.25) is 9.97 Å². The highest BCUT2D eigenvalue weighted by Gasteiger charge is 2.01. The quantitative estimate of drug-likeness (QED) is 0.682. The third kappa shape index (κ3) is 2.95. The predicted octanol–water partition coefficient (Wildman–Crippen LogP) is 2.86. The lowest BCUT2D eigenvalue weighted by atomic mass is 10.2. The largest absolute Gasteiger partial charge is 0.258 e. The van der Waals surface area contributed by atoms with E-state index in [0.29, 0.717) is 0 Å². The van der Waals surface area contributed by atoms with Crippen molar-refractivity contribution in [1.82, 2.24) is 9.97 Å². The summed E-state index contributed by atoms with van der Waals surface area (Å²) in [7, 11) is 0. The van der Waals surface area contributed by atoms with E-state index < -0.39 is 0 Å². The molecule has 0 atom stereocenters. The Kier molecular flexibility index (Phi) is 4.30. The van der Waals surface area contributed by atoms with E-state index in [1.807, 2.05) is 26.1 Å².